The molecule has 6 heteroatoms. The van der Waals surface area contributed by atoms with E-state index in [9.17, 15) is 9.18 Å². The number of aryl methyl sites for hydroxylation is 1. The van der Waals surface area contributed by atoms with E-state index >= 15 is 0 Å². The van der Waals surface area contributed by atoms with Crippen LogP contribution < -0.4 is 10.6 Å². The molecule has 0 bridgehead atoms. The molecule has 0 aliphatic rings. The molecule has 0 aliphatic heterocycles. The molecule has 1 aromatic heterocycles. The number of carbonyl (C=O) groups is 1. The van der Waals surface area contributed by atoms with E-state index in [0.717, 1.165) is 0 Å². The second kappa shape index (κ2) is 5.99. The van der Waals surface area contributed by atoms with Crippen LogP contribution in [0.15, 0.2) is 36.5 Å². The highest BCUT2D eigenvalue weighted by Gasteiger charge is 2.04. The third kappa shape index (κ3) is 3.80. The fourth-order valence-electron chi connectivity index (χ4n) is 1.65. The summed E-state index contributed by atoms with van der Waals surface area (Å²) in [5, 5.41) is 9.25. The average Bonchev–Trinajstić information content (AvgIpc) is 2.77. The van der Waals surface area contributed by atoms with Gasteiger partial charge < -0.3 is 5.32 Å². The zero-order valence-electron chi connectivity index (χ0n) is 10.6. The van der Waals surface area contributed by atoms with Crippen molar-refractivity contribution < 1.29 is 9.18 Å². The molecule has 1 heterocycles. The number of hydrogen-bond acceptors (Lipinski definition) is 2. The molecule has 0 saturated carbocycles. The lowest BCUT2D eigenvalue weighted by Gasteiger charge is -2.06. The molecule has 0 radical (unpaired) electrons. The van der Waals surface area contributed by atoms with Crippen LogP contribution in [0.5, 0.6) is 0 Å². The smallest absolute Gasteiger partial charge is 0.320 e. The van der Waals surface area contributed by atoms with E-state index in [-0.39, 0.29) is 11.8 Å². The topological polar surface area (TPSA) is 59.0 Å². The van der Waals surface area contributed by atoms with E-state index in [1.165, 1.54) is 6.07 Å². The van der Waals surface area contributed by atoms with Crippen molar-refractivity contribution >= 4 is 11.8 Å². The summed E-state index contributed by atoms with van der Waals surface area (Å²) in [5.41, 5.74) is 0.584. The molecule has 0 atom stereocenters. The summed E-state index contributed by atoms with van der Waals surface area (Å²) in [6.45, 7) is 0.361. The third-order valence-corrected chi connectivity index (χ3v) is 2.59. The van der Waals surface area contributed by atoms with Crippen molar-refractivity contribution in [2.75, 3.05) is 11.9 Å². The highest BCUT2D eigenvalue weighted by Crippen LogP contribution is 2.06. The minimum Gasteiger partial charge on any atom is -0.337 e. The quantitative estimate of drug-likeness (QED) is 0.884. The fourth-order valence-corrected chi connectivity index (χ4v) is 1.65. The SMILES string of the molecule is Cn1ccc(NC(=O)NCCc2ccccc2F)n1. The zero-order chi connectivity index (χ0) is 13.7. The van der Waals surface area contributed by atoms with E-state index in [2.05, 4.69) is 15.7 Å². The van der Waals surface area contributed by atoms with Crippen LogP contribution in [0.4, 0.5) is 15.0 Å². The van der Waals surface area contributed by atoms with E-state index < -0.39 is 0 Å². The Morgan fingerprint density at radius 1 is 1.37 bits per heavy atom. The number of carbonyl (C=O) groups excluding carboxylic acids is 1. The highest BCUT2D eigenvalue weighted by atomic mass is 19.1. The predicted molar refractivity (Wildman–Crippen MR) is 70.3 cm³/mol. The van der Waals surface area contributed by atoms with Crippen molar-refractivity contribution in [3.8, 4) is 0 Å². The molecule has 2 aromatic rings. The van der Waals surface area contributed by atoms with Gasteiger partial charge in [0.15, 0.2) is 5.82 Å². The summed E-state index contributed by atoms with van der Waals surface area (Å²) in [5.74, 6) is 0.223. The number of aromatic nitrogens is 2. The molecule has 0 saturated heterocycles. The molecule has 0 aliphatic carbocycles. The summed E-state index contributed by atoms with van der Waals surface area (Å²) < 4.78 is 14.9. The van der Waals surface area contributed by atoms with Gasteiger partial charge in [-0.1, -0.05) is 18.2 Å². The Bertz CT molecular complexity index is 567. The Morgan fingerprint density at radius 2 is 2.16 bits per heavy atom. The number of halogens is 1. The van der Waals surface area contributed by atoms with Gasteiger partial charge in [-0.3, -0.25) is 10.00 Å². The van der Waals surface area contributed by atoms with Gasteiger partial charge in [-0.05, 0) is 18.1 Å². The maximum atomic E-state index is 13.3. The van der Waals surface area contributed by atoms with E-state index in [1.54, 1.807) is 42.2 Å². The van der Waals surface area contributed by atoms with E-state index in [1.807, 2.05) is 0 Å². The lowest BCUT2D eigenvalue weighted by atomic mass is 10.1. The first-order chi connectivity index (χ1) is 9.15. The average molecular weight is 262 g/mol. The van der Waals surface area contributed by atoms with Gasteiger partial charge in [0.1, 0.15) is 5.82 Å². The zero-order valence-corrected chi connectivity index (χ0v) is 10.6. The van der Waals surface area contributed by atoms with E-state index in [0.29, 0.717) is 24.3 Å². The van der Waals surface area contributed by atoms with Crippen molar-refractivity contribution in [2.45, 2.75) is 6.42 Å². The molecule has 19 heavy (non-hydrogen) atoms. The lowest BCUT2D eigenvalue weighted by Crippen LogP contribution is -2.30. The van der Waals surface area contributed by atoms with Gasteiger partial charge >= 0.3 is 6.03 Å². The predicted octanol–water partition coefficient (Wildman–Crippen LogP) is 1.92. The number of nitrogens with zero attached hydrogens (tertiary/aromatic N) is 2. The van der Waals surface area contributed by atoms with Crippen LogP contribution in [0.2, 0.25) is 0 Å². The first-order valence-electron chi connectivity index (χ1n) is 5.93. The van der Waals surface area contributed by atoms with Crippen molar-refractivity contribution in [3.05, 3.63) is 47.9 Å². The second-order valence-corrected chi connectivity index (χ2v) is 4.10. The van der Waals surface area contributed by atoms with Crippen molar-refractivity contribution in [2.24, 2.45) is 7.05 Å². The van der Waals surface area contributed by atoms with Crippen molar-refractivity contribution in [3.63, 3.8) is 0 Å². The second-order valence-electron chi connectivity index (χ2n) is 4.10. The molecule has 2 N–H and O–H groups in total. The fraction of sp³-hybridized carbons (Fsp3) is 0.231. The monoisotopic (exact) mass is 262 g/mol. The molecular weight excluding hydrogens is 247 g/mol. The first kappa shape index (κ1) is 13.1. The minimum absolute atomic E-state index is 0.255. The van der Waals surface area contributed by atoms with Crippen LogP contribution in [0.25, 0.3) is 0 Å². The number of amides is 2. The van der Waals surface area contributed by atoms with Gasteiger partial charge in [-0.2, -0.15) is 5.10 Å². The molecule has 2 amide bonds. The third-order valence-electron chi connectivity index (χ3n) is 2.59. The largest absolute Gasteiger partial charge is 0.337 e. The minimum atomic E-state index is -0.352. The van der Waals surface area contributed by atoms with E-state index in [4.69, 9.17) is 0 Å². The molecular formula is C13H15FN4O. The summed E-state index contributed by atoms with van der Waals surface area (Å²) in [6, 6.07) is 7.86. The van der Waals surface area contributed by atoms with Gasteiger partial charge in [-0.25, -0.2) is 9.18 Å². The highest BCUT2D eigenvalue weighted by molar-refractivity contribution is 5.88. The number of urea groups is 1. The lowest BCUT2D eigenvalue weighted by molar-refractivity contribution is 0.252. The molecule has 0 unspecified atom stereocenters. The van der Waals surface area contributed by atoms with Gasteiger partial charge in [-0.15, -0.1) is 0 Å². The number of rotatable bonds is 4. The Balaban J connectivity index is 1.77. The summed E-state index contributed by atoms with van der Waals surface area (Å²) in [7, 11) is 1.77. The van der Waals surface area contributed by atoms with Gasteiger partial charge in [0.2, 0.25) is 0 Å². The Morgan fingerprint density at radius 3 is 2.84 bits per heavy atom. The van der Waals surface area contributed by atoms with Crippen LogP contribution in [-0.4, -0.2) is 22.4 Å². The van der Waals surface area contributed by atoms with Crippen LogP contribution in [0, 0.1) is 5.82 Å². The molecule has 5 nitrogen and oxygen atoms in total. The molecule has 2 rings (SSSR count). The van der Waals surface area contributed by atoms with Crippen LogP contribution in [-0.2, 0) is 13.5 Å². The van der Waals surface area contributed by atoms with Gasteiger partial charge in [0.25, 0.3) is 0 Å². The normalized spacial score (nSPS) is 10.2. The standard InChI is InChI=1S/C13H15FN4O/c1-18-9-7-12(17-18)16-13(19)15-8-6-10-4-2-3-5-11(10)14/h2-5,7,9H,6,8H2,1H3,(H2,15,16,17,19). The van der Waals surface area contributed by atoms with Crippen molar-refractivity contribution in [1.29, 1.82) is 0 Å². The van der Waals surface area contributed by atoms with Crippen molar-refractivity contribution in [1.82, 2.24) is 15.1 Å². The summed E-state index contributed by atoms with van der Waals surface area (Å²) in [4.78, 5) is 11.5. The summed E-state index contributed by atoms with van der Waals surface area (Å²) in [6.07, 6.45) is 2.18. The van der Waals surface area contributed by atoms with Crippen LogP contribution >= 0.6 is 0 Å². The van der Waals surface area contributed by atoms with Gasteiger partial charge in [0, 0.05) is 25.9 Å². The number of anilines is 1. The van der Waals surface area contributed by atoms with Crippen LogP contribution in [0.1, 0.15) is 5.56 Å². The first-order valence-corrected chi connectivity index (χ1v) is 5.93. The molecule has 0 fully saturated rings. The number of benzene rings is 1. The number of nitrogens with one attached hydrogen (secondary N) is 2. The Labute approximate surface area is 110 Å². The Hall–Kier alpha value is -2.37. The molecule has 1 aromatic carbocycles. The molecule has 0 spiro atoms. The molecule has 100 valence electrons. The maximum absolute atomic E-state index is 13.3. The van der Waals surface area contributed by atoms with Gasteiger partial charge in [0.05, 0.1) is 0 Å². The van der Waals surface area contributed by atoms with Crippen LogP contribution in [0.3, 0.4) is 0 Å². The number of hydrogen-bond donors (Lipinski definition) is 2. The maximum Gasteiger partial charge on any atom is 0.320 e. The Kier molecular flexibility index (Phi) is 4.12. The summed E-state index contributed by atoms with van der Waals surface area (Å²) >= 11 is 0.